The number of hydrogen-bond acceptors (Lipinski definition) is 5. The second-order valence-corrected chi connectivity index (χ2v) is 2.50. The lowest BCUT2D eigenvalue weighted by Gasteiger charge is -1.99. The molecule has 1 aromatic rings. The molecule has 0 fully saturated rings. The SMILES string of the molecule is COCCCOc1nc(C(=O)O)co1. The van der Waals surface area contributed by atoms with E-state index < -0.39 is 5.97 Å². The van der Waals surface area contributed by atoms with E-state index in [4.69, 9.17) is 19.0 Å². The zero-order valence-corrected chi connectivity index (χ0v) is 7.73. The molecule has 0 bridgehead atoms. The lowest BCUT2D eigenvalue weighted by atomic mass is 10.5. The molecule has 1 N–H and O–H groups in total. The van der Waals surface area contributed by atoms with Crippen molar-refractivity contribution < 1.29 is 23.8 Å². The zero-order chi connectivity index (χ0) is 10.4. The molecule has 0 radical (unpaired) electrons. The maximum atomic E-state index is 10.4. The number of carboxylic acid groups (broad SMARTS) is 1. The second-order valence-electron chi connectivity index (χ2n) is 2.50. The number of methoxy groups -OCH3 is 1. The summed E-state index contributed by atoms with van der Waals surface area (Å²) in [6.07, 6.45) is 1.70. The van der Waals surface area contributed by atoms with E-state index in [1.165, 1.54) is 0 Å². The first-order chi connectivity index (χ1) is 6.74. The molecule has 6 heteroatoms. The van der Waals surface area contributed by atoms with Crippen LogP contribution in [-0.2, 0) is 4.74 Å². The Hall–Kier alpha value is -1.56. The van der Waals surface area contributed by atoms with E-state index in [1.807, 2.05) is 0 Å². The first-order valence-corrected chi connectivity index (χ1v) is 4.04. The highest BCUT2D eigenvalue weighted by Crippen LogP contribution is 2.09. The summed E-state index contributed by atoms with van der Waals surface area (Å²) in [6, 6.07) is 0. The van der Waals surface area contributed by atoms with Gasteiger partial charge in [0.1, 0.15) is 6.26 Å². The van der Waals surface area contributed by atoms with Crippen LogP contribution in [0, 0.1) is 0 Å². The highest BCUT2D eigenvalue weighted by atomic mass is 16.6. The Morgan fingerprint density at radius 3 is 3.00 bits per heavy atom. The molecule has 0 atom stereocenters. The van der Waals surface area contributed by atoms with E-state index in [-0.39, 0.29) is 11.8 Å². The normalized spacial score (nSPS) is 10.1. The number of carbonyl (C=O) groups is 1. The minimum absolute atomic E-state index is 0.0292. The number of aromatic nitrogens is 1. The average molecular weight is 201 g/mol. The van der Waals surface area contributed by atoms with Crippen molar-refractivity contribution in [2.75, 3.05) is 20.3 Å². The Morgan fingerprint density at radius 1 is 1.64 bits per heavy atom. The van der Waals surface area contributed by atoms with Gasteiger partial charge in [0, 0.05) is 20.1 Å². The third-order valence-electron chi connectivity index (χ3n) is 1.42. The summed E-state index contributed by atoms with van der Waals surface area (Å²) in [5.74, 6) is -1.14. The van der Waals surface area contributed by atoms with E-state index in [1.54, 1.807) is 7.11 Å². The fraction of sp³-hybridized carbons (Fsp3) is 0.500. The molecule has 0 amide bonds. The largest absolute Gasteiger partial charge is 0.476 e. The van der Waals surface area contributed by atoms with Crippen molar-refractivity contribution in [3.8, 4) is 6.08 Å². The minimum atomic E-state index is -1.14. The van der Waals surface area contributed by atoms with E-state index in [9.17, 15) is 4.79 Å². The Kier molecular flexibility index (Phi) is 3.93. The number of oxazole rings is 1. The van der Waals surface area contributed by atoms with Crippen molar-refractivity contribution in [2.45, 2.75) is 6.42 Å². The summed E-state index contributed by atoms with van der Waals surface area (Å²) >= 11 is 0. The lowest BCUT2D eigenvalue weighted by molar-refractivity contribution is 0.0690. The number of carboxylic acids is 1. The van der Waals surface area contributed by atoms with E-state index in [0.29, 0.717) is 19.6 Å². The summed E-state index contributed by atoms with van der Waals surface area (Å²) in [7, 11) is 1.59. The van der Waals surface area contributed by atoms with Crippen LogP contribution in [0.4, 0.5) is 0 Å². The molecule has 0 aliphatic carbocycles. The summed E-state index contributed by atoms with van der Waals surface area (Å²) in [5, 5.41) is 8.51. The number of aromatic carboxylic acids is 1. The van der Waals surface area contributed by atoms with Crippen LogP contribution in [0.2, 0.25) is 0 Å². The smallest absolute Gasteiger partial charge is 0.394 e. The molecule has 0 saturated heterocycles. The second kappa shape index (κ2) is 5.23. The molecular formula is C8H11NO5. The van der Waals surface area contributed by atoms with Gasteiger partial charge in [-0.05, 0) is 0 Å². The molecule has 14 heavy (non-hydrogen) atoms. The number of ether oxygens (including phenoxy) is 2. The monoisotopic (exact) mass is 201 g/mol. The molecular weight excluding hydrogens is 190 g/mol. The van der Waals surface area contributed by atoms with Crippen LogP contribution in [0.25, 0.3) is 0 Å². The Bertz CT molecular complexity index is 296. The first-order valence-electron chi connectivity index (χ1n) is 4.04. The van der Waals surface area contributed by atoms with Crippen molar-refractivity contribution in [1.82, 2.24) is 4.98 Å². The fourth-order valence-electron chi connectivity index (χ4n) is 0.785. The molecule has 0 saturated carbocycles. The Balaban J connectivity index is 2.33. The molecule has 1 rings (SSSR count). The van der Waals surface area contributed by atoms with Gasteiger partial charge >= 0.3 is 12.0 Å². The summed E-state index contributed by atoms with van der Waals surface area (Å²) in [5.41, 5.74) is -0.160. The van der Waals surface area contributed by atoms with Gasteiger partial charge in [-0.25, -0.2) is 4.79 Å². The lowest BCUT2D eigenvalue weighted by Crippen LogP contribution is -2.02. The molecule has 0 aliphatic rings. The van der Waals surface area contributed by atoms with Crippen molar-refractivity contribution in [3.63, 3.8) is 0 Å². The van der Waals surface area contributed by atoms with Gasteiger partial charge in [0.25, 0.3) is 0 Å². The molecule has 0 aromatic carbocycles. The van der Waals surface area contributed by atoms with Crippen LogP contribution in [0.5, 0.6) is 6.08 Å². The van der Waals surface area contributed by atoms with Crippen molar-refractivity contribution >= 4 is 5.97 Å². The quantitative estimate of drug-likeness (QED) is 0.685. The summed E-state index contributed by atoms with van der Waals surface area (Å²) in [6.45, 7) is 0.958. The van der Waals surface area contributed by atoms with E-state index in [2.05, 4.69) is 4.98 Å². The molecule has 78 valence electrons. The zero-order valence-electron chi connectivity index (χ0n) is 7.73. The fourth-order valence-corrected chi connectivity index (χ4v) is 0.785. The molecule has 6 nitrogen and oxygen atoms in total. The van der Waals surface area contributed by atoms with Gasteiger partial charge in [0.2, 0.25) is 0 Å². The molecule has 0 spiro atoms. The van der Waals surface area contributed by atoms with Gasteiger partial charge in [0.05, 0.1) is 6.61 Å². The highest BCUT2D eigenvalue weighted by Gasteiger charge is 2.10. The van der Waals surface area contributed by atoms with Gasteiger partial charge in [-0.1, -0.05) is 0 Å². The maximum Gasteiger partial charge on any atom is 0.394 e. The highest BCUT2D eigenvalue weighted by molar-refractivity contribution is 5.84. The van der Waals surface area contributed by atoms with Crippen LogP contribution in [0.3, 0.4) is 0 Å². The van der Waals surface area contributed by atoms with Crippen LogP contribution < -0.4 is 4.74 Å². The number of rotatable bonds is 6. The molecule has 1 aromatic heterocycles. The van der Waals surface area contributed by atoms with E-state index >= 15 is 0 Å². The Labute approximate surface area is 80.5 Å². The minimum Gasteiger partial charge on any atom is -0.476 e. The van der Waals surface area contributed by atoms with Crippen LogP contribution in [-0.4, -0.2) is 36.4 Å². The van der Waals surface area contributed by atoms with Gasteiger partial charge in [-0.2, -0.15) is 4.98 Å². The third-order valence-corrected chi connectivity index (χ3v) is 1.42. The molecule has 0 unspecified atom stereocenters. The topological polar surface area (TPSA) is 81.8 Å². The van der Waals surface area contributed by atoms with Gasteiger partial charge < -0.3 is 19.0 Å². The molecule has 0 aliphatic heterocycles. The van der Waals surface area contributed by atoms with Gasteiger partial charge in [0.15, 0.2) is 5.69 Å². The van der Waals surface area contributed by atoms with Crippen LogP contribution in [0.15, 0.2) is 10.7 Å². The van der Waals surface area contributed by atoms with E-state index in [0.717, 1.165) is 6.26 Å². The molecule has 1 heterocycles. The van der Waals surface area contributed by atoms with Crippen molar-refractivity contribution in [3.05, 3.63) is 12.0 Å². The third kappa shape index (κ3) is 3.06. The standard InChI is InChI=1S/C8H11NO5/c1-12-3-2-4-13-8-9-6(5-14-8)7(10)11/h5H,2-4H2,1H3,(H,10,11). The summed E-state index contributed by atoms with van der Waals surface area (Å²) in [4.78, 5) is 14.0. The van der Waals surface area contributed by atoms with Crippen LogP contribution >= 0.6 is 0 Å². The maximum absolute atomic E-state index is 10.4. The first kappa shape index (κ1) is 10.5. The predicted octanol–water partition coefficient (Wildman–Crippen LogP) is 0.788. The predicted molar refractivity (Wildman–Crippen MR) is 45.5 cm³/mol. The average Bonchev–Trinajstić information content (AvgIpc) is 2.61. The number of hydrogen-bond donors (Lipinski definition) is 1. The number of nitrogens with zero attached hydrogens (tertiary/aromatic N) is 1. The van der Waals surface area contributed by atoms with Gasteiger partial charge in [-0.15, -0.1) is 0 Å². The van der Waals surface area contributed by atoms with Crippen molar-refractivity contribution in [1.29, 1.82) is 0 Å². The van der Waals surface area contributed by atoms with Crippen molar-refractivity contribution in [2.24, 2.45) is 0 Å². The summed E-state index contributed by atoms with van der Waals surface area (Å²) < 4.78 is 14.6. The van der Waals surface area contributed by atoms with Crippen LogP contribution in [0.1, 0.15) is 16.9 Å². The van der Waals surface area contributed by atoms with Gasteiger partial charge in [-0.3, -0.25) is 0 Å². The Morgan fingerprint density at radius 2 is 2.43 bits per heavy atom.